The quantitative estimate of drug-likeness (QED) is 0.267. The van der Waals surface area contributed by atoms with Crippen molar-refractivity contribution in [2.45, 2.75) is 103 Å². The zero-order chi connectivity index (χ0) is 15.8. The van der Waals surface area contributed by atoms with Gasteiger partial charge in [0.05, 0.1) is 0 Å². The Kier molecular flexibility index (Phi) is 9.51. The Morgan fingerprint density at radius 1 is 0.900 bits per heavy atom. The number of unbranched alkanes of at least 4 members (excludes halogenated alkanes) is 3. The minimum atomic E-state index is -1.82. The predicted molar refractivity (Wildman–Crippen MR) is 93.5 cm³/mol. The molecular weight excluding hydrogens is 260 g/mol. The fraction of sp³-hybridized carbons (Fsp3) is 0.889. The molecule has 1 atom stereocenters. The zero-order valence-corrected chi connectivity index (χ0v) is 15.8. The zero-order valence-electron chi connectivity index (χ0n) is 14.8. The summed E-state index contributed by atoms with van der Waals surface area (Å²) in [4.78, 5) is 0. The lowest BCUT2D eigenvalue weighted by Gasteiger charge is -2.43. The van der Waals surface area contributed by atoms with E-state index in [1.54, 1.807) is 0 Å². The van der Waals surface area contributed by atoms with Gasteiger partial charge in [0, 0.05) is 0 Å². The van der Waals surface area contributed by atoms with E-state index in [4.69, 9.17) is 10.8 Å². The van der Waals surface area contributed by atoms with E-state index in [0.29, 0.717) is 16.6 Å². The average Bonchev–Trinajstić information content (AvgIpc) is 2.36. The van der Waals surface area contributed by atoms with Gasteiger partial charge in [-0.25, -0.2) is 0 Å². The van der Waals surface area contributed by atoms with Crippen LogP contribution in [-0.4, -0.2) is 14.4 Å². The maximum atomic E-state index is 6.65. The van der Waals surface area contributed by atoms with Crippen molar-refractivity contribution < 1.29 is 4.43 Å². The highest BCUT2D eigenvalue weighted by atomic mass is 28.4. The topological polar surface area (TPSA) is 9.23 Å². The van der Waals surface area contributed by atoms with Crippen molar-refractivity contribution in [3.05, 3.63) is 0 Å². The van der Waals surface area contributed by atoms with Crippen molar-refractivity contribution in [3.8, 4) is 12.3 Å². The molecule has 2 heteroatoms. The summed E-state index contributed by atoms with van der Waals surface area (Å²) < 4.78 is 6.65. The number of hydrogen-bond donors (Lipinski definition) is 0. The Bertz CT molecular complexity index is 267. The molecule has 1 nitrogen and oxygen atoms in total. The largest absolute Gasteiger partial charge is 0.403 e. The van der Waals surface area contributed by atoms with E-state index in [2.05, 4.69) is 54.4 Å². The molecule has 0 aromatic rings. The molecule has 0 aliphatic carbocycles. The van der Waals surface area contributed by atoms with E-state index in [9.17, 15) is 0 Å². The van der Waals surface area contributed by atoms with Crippen LogP contribution in [0.5, 0.6) is 0 Å². The van der Waals surface area contributed by atoms with Gasteiger partial charge in [-0.3, -0.25) is 0 Å². The van der Waals surface area contributed by atoms with Gasteiger partial charge >= 0.3 is 0 Å². The average molecular weight is 297 g/mol. The SMILES string of the molecule is C#C[C@H](CCCCCC)O[Si](C(C)C)(C(C)C)C(C)C. The van der Waals surface area contributed by atoms with Gasteiger partial charge in [-0.1, -0.05) is 73.6 Å². The highest BCUT2D eigenvalue weighted by Gasteiger charge is 2.46. The molecule has 0 spiro atoms. The van der Waals surface area contributed by atoms with E-state index >= 15 is 0 Å². The van der Waals surface area contributed by atoms with Crippen LogP contribution >= 0.6 is 0 Å². The first-order chi connectivity index (χ1) is 9.32. The minimum Gasteiger partial charge on any atom is -0.403 e. The van der Waals surface area contributed by atoms with Gasteiger partial charge < -0.3 is 4.43 Å². The summed E-state index contributed by atoms with van der Waals surface area (Å²) >= 11 is 0. The van der Waals surface area contributed by atoms with Crippen LogP contribution in [0.15, 0.2) is 0 Å². The molecule has 0 saturated heterocycles. The lowest BCUT2D eigenvalue weighted by atomic mass is 10.1. The smallest absolute Gasteiger partial charge is 0.202 e. The van der Waals surface area contributed by atoms with Crippen molar-refractivity contribution >= 4 is 8.32 Å². The lowest BCUT2D eigenvalue weighted by Crippen LogP contribution is -2.50. The molecule has 0 heterocycles. The predicted octanol–water partition coefficient (Wildman–Crippen LogP) is 6.15. The van der Waals surface area contributed by atoms with Gasteiger partial charge in [0.2, 0.25) is 8.32 Å². The summed E-state index contributed by atoms with van der Waals surface area (Å²) in [5.74, 6) is 2.91. The summed E-state index contributed by atoms with van der Waals surface area (Å²) in [5, 5.41) is 0. The maximum Gasteiger partial charge on any atom is 0.202 e. The molecule has 0 bridgehead atoms. The molecule has 20 heavy (non-hydrogen) atoms. The van der Waals surface area contributed by atoms with Gasteiger partial charge in [-0.2, -0.15) is 0 Å². The second-order valence-electron chi connectivity index (χ2n) is 6.94. The molecule has 0 saturated carbocycles. The molecule has 0 aliphatic rings. The molecule has 118 valence electrons. The molecule has 0 N–H and O–H groups in total. The highest BCUT2D eigenvalue weighted by Crippen LogP contribution is 2.43. The molecule has 0 aromatic carbocycles. The van der Waals surface area contributed by atoms with E-state index in [0.717, 1.165) is 6.42 Å². The van der Waals surface area contributed by atoms with Crippen molar-refractivity contribution in [3.63, 3.8) is 0 Å². The Balaban J connectivity index is 4.81. The van der Waals surface area contributed by atoms with Crippen LogP contribution in [0.2, 0.25) is 16.6 Å². The Morgan fingerprint density at radius 3 is 1.75 bits per heavy atom. The standard InChI is InChI=1S/C18H36OSi/c1-9-11-12-13-14-18(10-2)19-20(15(3)4,16(5)6)17(7)8/h2,15-18H,9,11-14H2,1,3-8H3/t18-/m1/s1. The molecule has 0 amide bonds. The first-order valence-corrected chi connectivity index (χ1v) is 10.6. The van der Waals surface area contributed by atoms with E-state index in [1.165, 1.54) is 25.7 Å². The third-order valence-electron chi connectivity index (χ3n) is 4.56. The third-order valence-corrected chi connectivity index (χ3v) is 10.7. The summed E-state index contributed by atoms with van der Waals surface area (Å²) in [6.07, 6.45) is 11.8. The second-order valence-corrected chi connectivity index (χ2v) is 12.3. The van der Waals surface area contributed by atoms with Crippen LogP contribution < -0.4 is 0 Å². The summed E-state index contributed by atoms with van der Waals surface area (Å²) in [6.45, 7) is 16.1. The summed E-state index contributed by atoms with van der Waals surface area (Å²) in [7, 11) is -1.82. The van der Waals surface area contributed by atoms with Crippen LogP contribution in [0.3, 0.4) is 0 Å². The van der Waals surface area contributed by atoms with Crippen molar-refractivity contribution in [2.24, 2.45) is 0 Å². The van der Waals surface area contributed by atoms with Crippen molar-refractivity contribution in [1.29, 1.82) is 0 Å². The number of terminal acetylenes is 1. The second kappa shape index (κ2) is 9.63. The first kappa shape index (κ1) is 19.7. The first-order valence-electron chi connectivity index (χ1n) is 8.46. The molecule has 0 radical (unpaired) electrons. The Morgan fingerprint density at radius 2 is 1.40 bits per heavy atom. The van der Waals surface area contributed by atoms with Gasteiger partial charge in [-0.05, 0) is 29.5 Å². The summed E-state index contributed by atoms with van der Waals surface area (Å²) in [5.41, 5.74) is 1.82. The van der Waals surface area contributed by atoms with Gasteiger partial charge in [0.1, 0.15) is 6.10 Å². The fourth-order valence-corrected chi connectivity index (χ4v) is 9.08. The molecule has 0 aliphatic heterocycles. The highest BCUT2D eigenvalue weighted by molar-refractivity contribution is 6.77. The molecular formula is C18H36OSi. The monoisotopic (exact) mass is 296 g/mol. The Hall–Kier alpha value is -0.263. The lowest BCUT2D eigenvalue weighted by molar-refractivity contribution is 0.211. The molecule has 0 rings (SSSR count). The van der Waals surface area contributed by atoms with Crippen molar-refractivity contribution in [2.75, 3.05) is 0 Å². The molecule has 0 aromatic heterocycles. The van der Waals surface area contributed by atoms with Crippen molar-refractivity contribution in [1.82, 2.24) is 0 Å². The molecule has 0 fully saturated rings. The van der Waals surface area contributed by atoms with Crippen LogP contribution in [0.1, 0.15) is 80.6 Å². The molecule has 0 unspecified atom stereocenters. The van der Waals surface area contributed by atoms with Gasteiger partial charge in [-0.15, -0.1) is 6.42 Å². The number of rotatable bonds is 10. The number of hydrogen-bond acceptors (Lipinski definition) is 1. The maximum absolute atomic E-state index is 6.65. The van der Waals surface area contributed by atoms with Gasteiger partial charge in [0.15, 0.2) is 0 Å². The normalized spacial score (nSPS) is 14.1. The van der Waals surface area contributed by atoms with E-state index in [-0.39, 0.29) is 6.10 Å². The summed E-state index contributed by atoms with van der Waals surface area (Å²) in [6, 6.07) is 0. The van der Waals surface area contributed by atoms with Gasteiger partial charge in [0.25, 0.3) is 0 Å². The van der Waals surface area contributed by atoms with Crippen LogP contribution in [0.4, 0.5) is 0 Å². The van der Waals surface area contributed by atoms with Crippen LogP contribution in [0, 0.1) is 12.3 Å². The van der Waals surface area contributed by atoms with Crippen LogP contribution in [-0.2, 0) is 4.43 Å². The minimum absolute atomic E-state index is 0.0192. The van der Waals surface area contributed by atoms with Crippen LogP contribution in [0.25, 0.3) is 0 Å². The van der Waals surface area contributed by atoms with E-state index in [1.807, 2.05) is 0 Å². The Labute approximate surface area is 129 Å². The van der Waals surface area contributed by atoms with E-state index < -0.39 is 8.32 Å². The third kappa shape index (κ3) is 5.26. The fourth-order valence-electron chi connectivity index (χ4n) is 3.59.